The van der Waals surface area contributed by atoms with Crippen LogP contribution >= 0.6 is 35.7 Å². The Morgan fingerprint density at radius 2 is 2.10 bits per heavy atom. The number of guanidine groups is 1. The third kappa shape index (κ3) is 9.93. The van der Waals surface area contributed by atoms with Crippen molar-refractivity contribution in [2.45, 2.75) is 57.2 Å². The molecule has 1 aromatic carbocycles. The zero-order chi connectivity index (χ0) is 20.2. The summed E-state index contributed by atoms with van der Waals surface area (Å²) in [6.45, 7) is 6.33. The van der Waals surface area contributed by atoms with Crippen molar-refractivity contribution >= 4 is 47.6 Å². The number of thioether (sulfide) groups is 1. The van der Waals surface area contributed by atoms with Crippen molar-refractivity contribution in [2.75, 3.05) is 25.4 Å². The van der Waals surface area contributed by atoms with E-state index in [1.807, 2.05) is 0 Å². The molecular formula is C21H35IN4O2S. The molecule has 6 nitrogen and oxygen atoms in total. The fourth-order valence-corrected chi connectivity index (χ4v) is 4.57. The number of carbonyl (C=O) groups excluding carboxylic acids is 1. The van der Waals surface area contributed by atoms with Crippen molar-refractivity contribution in [1.82, 2.24) is 16.0 Å². The van der Waals surface area contributed by atoms with Gasteiger partial charge in [-0.15, -0.1) is 24.0 Å². The first-order valence-corrected chi connectivity index (χ1v) is 11.4. The topological polar surface area (TPSA) is 85.8 Å². The van der Waals surface area contributed by atoms with Gasteiger partial charge in [-0.05, 0) is 56.6 Å². The highest BCUT2D eigenvalue weighted by molar-refractivity contribution is 14.0. The van der Waals surface area contributed by atoms with E-state index >= 15 is 0 Å². The molecule has 8 heteroatoms. The van der Waals surface area contributed by atoms with E-state index in [4.69, 9.17) is 0 Å². The number of halogens is 1. The van der Waals surface area contributed by atoms with E-state index in [9.17, 15) is 9.90 Å². The zero-order valence-corrected chi connectivity index (χ0v) is 20.6. The molecule has 1 fully saturated rings. The summed E-state index contributed by atoms with van der Waals surface area (Å²) in [6, 6.07) is 6.86. The van der Waals surface area contributed by atoms with Gasteiger partial charge < -0.3 is 21.1 Å². The Bertz CT molecular complexity index is 643. The minimum Gasteiger partial charge on any atom is -0.508 e. The lowest BCUT2D eigenvalue weighted by atomic mass is 9.95. The van der Waals surface area contributed by atoms with Gasteiger partial charge in [0, 0.05) is 36.5 Å². The number of carbonyl (C=O) groups is 1. The monoisotopic (exact) mass is 534 g/mol. The van der Waals surface area contributed by atoms with Crippen LogP contribution < -0.4 is 16.0 Å². The van der Waals surface area contributed by atoms with E-state index in [1.165, 1.54) is 37.5 Å². The van der Waals surface area contributed by atoms with E-state index in [1.54, 1.807) is 18.2 Å². The first-order chi connectivity index (χ1) is 13.6. The number of hydrogen-bond donors (Lipinski definition) is 4. The number of aliphatic imine (C=N–C) groups is 1. The van der Waals surface area contributed by atoms with E-state index in [0.29, 0.717) is 24.7 Å². The van der Waals surface area contributed by atoms with E-state index in [-0.39, 0.29) is 35.6 Å². The maximum absolute atomic E-state index is 12.1. The van der Waals surface area contributed by atoms with Gasteiger partial charge in [0.25, 0.3) is 5.91 Å². The van der Waals surface area contributed by atoms with Crippen molar-refractivity contribution in [3.05, 3.63) is 29.8 Å². The van der Waals surface area contributed by atoms with Gasteiger partial charge in [0.2, 0.25) is 0 Å². The fourth-order valence-electron chi connectivity index (χ4n) is 3.40. The van der Waals surface area contributed by atoms with Crippen LogP contribution in [0.3, 0.4) is 0 Å². The van der Waals surface area contributed by atoms with Crippen molar-refractivity contribution in [3.8, 4) is 5.75 Å². The number of amides is 1. The molecule has 164 valence electrons. The van der Waals surface area contributed by atoms with Crippen LogP contribution in [0.5, 0.6) is 5.75 Å². The average molecular weight is 535 g/mol. The fraction of sp³-hybridized carbons (Fsp3) is 0.619. The Hall–Kier alpha value is -1.16. The van der Waals surface area contributed by atoms with Gasteiger partial charge in [0.15, 0.2) is 5.96 Å². The summed E-state index contributed by atoms with van der Waals surface area (Å²) in [4.78, 5) is 16.7. The summed E-state index contributed by atoms with van der Waals surface area (Å²) in [5.74, 6) is 1.97. The minimum absolute atomic E-state index is 0. The van der Waals surface area contributed by atoms with E-state index < -0.39 is 0 Å². The lowest BCUT2D eigenvalue weighted by molar-refractivity contribution is 0.0953. The van der Waals surface area contributed by atoms with Crippen LogP contribution in [0, 0.1) is 0 Å². The molecule has 0 bridgehead atoms. The molecule has 0 spiro atoms. The number of nitrogens with zero attached hydrogens (tertiary/aromatic N) is 1. The van der Waals surface area contributed by atoms with E-state index in [2.05, 4.69) is 46.6 Å². The van der Waals surface area contributed by atoms with Gasteiger partial charge >= 0.3 is 0 Å². The number of hydrogen-bond acceptors (Lipinski definition) is 4. The molecular weight excluding hydrogens is 499 g/mol. The average Bonchev–Trinajstić information content (AvgIpc) is 2.68. The predicted octanol–water partition coefficient (Wildman–Crippen LogP) is 3.75. The number of benzene rings is 1. The maximum atomic E-state index is 12.1. The SMILES string of the molecule is CCNC(=NCCCNC(=O)c1cccc(O)c1)NC1CCCC(SCC)C1.I. The third-order valence-corrected chi connectivity index (χ3v) is 5.95. The van der Waals surface area contributed by atoms with Gasteiger partial charge in [-0.3, -0.25) is 9.79 Å². The van der Waals surface area contributed by atoms with Crippen LogP contribution in [0.4, 0.5) is 0 Å². The Labute approximate surface area is 196 Å². The molecule has 2 rings (SSSR count). The Morgan fingerprint density at radius 3 is 2.83 bits per heavy atom. The third-order valence-electron chi connectivity index (χ3n) is 4.71. The minimum atomic E-state index is -0.174. The molecule has 1 aliphatic rings. The second kappa shape index (κ2) is 14.8. The summed E-state index contributed by atoms with van der Waals surface area (Å²) < 4.78 is 0. The molecule has 0 aliphatic heterocycles. The number of aromatic hydroxyl groups is 1. The number of phenolic OH excluding ortho intramolecular Hbond substituents is 1. The molecule has 2 unspecified atom stereocenters. The molecule has 0 aromatic heterocycles. The molecule has 0 heterocycles. The van der Waals surface area contributed by atoms with Crippen LogP contribution in [0.15, 0.2) is 29.3 Å². The van der Waals surface area contributed by atoms with Crippen LogP contribution in [0.2, 0.25) is 0 Å². The first kappa shape index (κ1) is 25.9. The maximum Gasteiger partial charge on any atom is 0.251 e. The molecule has 1 aromatic rings. The second-order valence-corrected chi connectivity index (χ2v) is 8.58. The lowest BCUT2D eigenvalue weighted by Crippen LogP contribution is -2.45. The van der Waals surface area contributed by atoms with Crippen molar-refractivity contribution < 1.29 is 9.90 Å². The van der Waals surface area contributed by atoms with Crippen LogP contribution in [-0.2, 0) is 0 Å². The largest absolute Gasteiger partial charge is 0.508 e. The first-order valence-electron chi connectivity index (χ1n) is 10.4. The number of rotatable bonds is 9. The molecule has 4 N–H and O–H groups in total. The van der Waals surface area contributed by atoms with Crippen molar-refractivity contribution in [3.63, 3.8) is 0 Å². The summed E-state index contributed by atoms with van der Waals surface area (Å²) in [6.07, 6.45) is 5.76. The predicted molar refractivity (Wildman–Crippen MR) is 134 cm³/mol. The van der Waals surface area contributed by atoms with Gasteiger partial charge in [0.1, 0.15) is 5.75 Å². The van der Waals surface area contributed by atoms with Crippen LogP contribution in [0.1, 0.15) is 56.3 Å². The Morgan fingerprint density at radius 1 is 1.28 bits per heavy atom. The van der Waals surface area contributed by atoms with Crippen molar-refractivity contribution in [2.24, 2.45) is 4.99 Å². The van der Waals surface area contributed by atoms with Gasteiger partial charge in [-0.25, -0.2) is 0 Å². The van der Waals surface area contributed by atoms with Gasteiger partial charge in [-0.1, -0.05) is 19.4 Å². The molecule has 1 amide bonds. The summed E-state index contributed by atoms with van der Waals surface area (Å²) >= 11 is 2.07. The van der Waals surface area contributed by atoms with Crippen LogP contribution in [-0.4, -0.2) is 53.7 Å². The molecule has 1 aliphatic carbocycles. The second-order valence-electron chi connectivity index (χ2n) is 7.01. The highest BCUT2D eigenvalue weighted by Crippen LogP contribution is 2.28. The standard InChI is InChI=1S/C21H34N4O2S.HI/c1-3-22-21(25-17-9-6-11-19(15-17)28-4-2)24-13-7-12-23-20(27)16-8-5-10-18(26)14-16;/h5,8,10,14,17,19,26H,3-4,6-7,9,11-13,15H2,1-2H3,(H,23,27)(H2,22,24,25);1H. The smallest absolute Gasteiger partial charge is 0.251 e. The quantitative estimate of drug-likeness (QED) is 0.168. The highest BCUT2D eigenvalue weighted by atomic mass is 127. The van der Waals surface area contributed by atoms with Crippen LogP contribution in [0.25, 0.3) is 0 Å². The summed E-state index contributed by atoms with van der Waals surface area (Å²) in [7, 11) is 0. The zero-order valence-electron chi connectivity index (χ0n) is 17.4. The lowest BCUT2D eigenvalue weighted by Gasteiger charge is -2.30. The Kier molecular flexibility index (Phi) is 13.2. The van der Waals surface area contributed by atoms with E-state index in [0.717, 1.165) is 24.2 Å². The molecule has 0 radical (unpaired) electrons. The summed E-state index contributed by atoms with van der Waals surface area (Å²) in [5, 5.41) is 20.0. The molecule has 1 saturated carbocycles. The highest BCUT2D eigenvalue weighted by Gasteiger charge is 2.22. The van der Waals surface area contributed by atoms with Crippen molar-refractivity contribution in [1.29, 1.82) is 0 Å². The molecule has 2 atom stereocenters. The molecule has 29 heavy (non-hydrogen) atoms. The van der Waals surface area contributed by atoms with Gasteiger partial charge in [0.05, 0.1) is 0 Å². The number of nitrogens with one attached hydrogen (secondary N) is 3. The molecule has 0 saturated heterocycles. The van der Waals surface area contributed by atoms with Gasteiger partial charge in [-0.2, -0.15) is 11.8 Å². The summed E-state index contributed by atoms with van der Waals surface area (Å²) in [5.41, 5.74) is 0.468. The Balaban J connectivity index is 0.00000420. The normalized spacial score (nSPS) is 19.2. The number of phenols is 1.